The maximum absolute atomic E-state index is 14.2. The van der Waals surface area contributed by atoms with Gasteiger partial charge in [0.1, 0.15) is 29.8 Å². The number of aliphatic hydroxyl groups excluding tert-OH is 2. The number of Topliss-reactive ketones (excluding diaryl/α,β-unsaturated/α-hetero) is 1. The van der Waals surface area contributed by atoms with Crippen molar-refractivity contribution in [3.05, 3.63) is 0 Å². The molecule has 0 radical (unpaired) electrons. The van der Waals surface area contributed by atoms with E-state index in [1.165, 1.54) is 21.0 Å². The van der Waals surface area contributed by atoms with Crippen LogP contribution in [0.3, 0.4) is 0 Å². The van der Waals surface area contributed by atoms with E-state index < -0.39 is 77.3 Å². The number of terminal acetylenes is 1. The Hall–Kier alpha value is -2.15. The number of nitrogens with zero attached hydrogens (tertiary/aromatic N) is 2. The quantitative estimate of drug-likeness (QED) is 0.118. The van der Waals surface area contributed by atoms with E-state index in [1.54, 1.807) is 20.8 Å². The Morgan fingerprint density at radius 2 is 1.71 bits per heavy atom. The van der Waals surface area contributed by atoms with Crippen LogP contribution in [0.15, 0.2) is 5.16 Å². The summed E-state index contributed by atoms with van der Waals surface area (Å²) in [5, 5.41) is 39.9. The maximum Gasteiger partial charge on any atom is 0.316 e. The highest BCUT2D eigenvalue weighted by Crippen LogP contribution is 2.39. The number of ether oxygens (including phenoxy) is 4. The van der Waals surface area contributed by atoms with Gasteiger partial charge in [-0.25, -0.2) is 0 Å². The number of likely N-dealkylation sites (N-methyl/N-ethyl adjacent to an activating group) is 1. The van der Waals surface area contributed by atoms with E-state index in [4.69, 9.17) is 35.9 Å². The highest BCUT2D eigenvalue weighted by Gasteiger charge is 2.52. The van der Waals surface area contributed by atoms with Gasteiger partial charge in [0, 0.05) is 49.9 Å². The minimum Gasteiger partial charge on any atom is -0.459 e. The van der Waals surface area contributed by atoms with Gasteiger partial charge < -0.3 is 44.8 Å². The molecule has 5 N–H and O–H groups in total. The Kier molecular flexibility index (Phi) is 16.1. The normalized spacial score (nSPS) is 43.8. The van der Waals surface area contributed by atoms with Crippen molar-refractivity contribution < 1.29 is 48.7 Å². The summed E-state index contributed by atoms with van der Waals surface area (Å²) in [6, 6.07) is -0.218. The lowest BCUT2D eigenvalue weighted by molar-refractivity contribution is -0.295. The summed E-state index contributed by atoms with van der Waals surface area (Å²) < 4.78 is 24.9. The van der Waals surface area contributed by atoms with Crippen molar-refractivity contribution in [2.24, 2.45) is 34.6 Å². The first-order valence-corrected chi connectivity index (χ1v) is 19.1. The molecule has 3 aliphatic rings. The predicted molar refractivity (Wildman–Crippen MR) is 197 cm³/mol. The number of hydrogen-bond acceptors (Lipinski definition) is 13. The largest absolute Gasteiger partial charge is 0.459 e. The number of rotatable bonds is 9. The lowest BCUT2D eigenvalue weighted by Gasteiger charge is -2.47. The summed E-state index contributed by atoms with van der Waals surface area (Å²) in [6.45, 7) is 14.3. The summed E-state index contributed by atoms with van der Waals surface area (Å²) in [4.78, 5) is 35.9. The Bertz CT molecular complexity index is 1250. The second kappa shape index (κ2) is 18.9. The summed E-state index contributed by atoms with van der Waals surface area (Å²) >= 11 is 0. The predicted octanol–water partition coefficient (Wildman–Crippen LogP) is 3.19. The minimum absolute atomic E-state index is 0.116. The van der Waals surface area contributed by atoms with E-state index in [9.17, 15) is 24.9 Å². The number of ketones is 1. The van der Waals surface area contributed by atoms with Crippen LogP contribution in [0.1, 0.15) is 107 Å². The van der Waals surface area contributed by atoms with E-state index >= 15 is 0 Å². The van der Waals surface area contributed by atoms with Crippen molar-refractivity contribution in [2.45, 2.75) is 173 Å². The van der Waals surface area contributed by atoms with Crippen LogP contribution in [-0.4, -0.2) is 125 Å². The molecule has 52 heavy (non-hydrogen) atoms. The van der Waals surface area contributed by atoms with Gasteiger partial charge in [-0.3, -0.25) is 14.5 Å². The van der Waals surface area contributed by atoms with Gasteiger partial charge >= 0.3 is 5.97 Å². The van der Waals surface area contributed by atoms with Crippen molar-refractivity contribution in [1.29, 1.82) is 0 Å². The fourth-order valence-electron chi connectivity index (χ4n) is 8.28. The number of methoxy groups -OCH3 is 1. The lowest BCUT2D eigenvalue weighted by atomic mass is 9.74. The fraction of sp³-hybridized carbons (Fsp3) is 0.872. The first kappa shape index (κ1) is 44.2. The third-order valence-corrected chi connectivity index (χ3v) is 11.9. The van der Waals surface area contributed by atoms with Gasteiger partial charge in [0.05, 0.1) is 29.6 Å². The average molecular weight is 738 g/mol. The number of hydrogen-bond donors (Lipinski definition) is 4. The third kappa shape index (κ3) is 10.3. The molecular formula is C39H67N3O10. The number of cyclic esters (lactones) is 1. The molecule has 0 unspecified atom stereocenters. The molecule has 3 fully saturated rings. The zero-order chi connectivity index (χ0) is 39.1. The van der Waals surface area contributed by atoms with Crippen LogP contribution >= 0.6 is 0 Å². The van der Waals surface area contributed by atoms with Crippen LogP contribution in [0, 0.1) is 36.0 Å². The number of carbonyl (C=O) groups excluding carboxylic acids is 2. The van der Waals surface area contributed by atoms with Gasteiger partial charge in [0.2, 0.25) is 0 Å². The smallest absolute Gasteiger partial charge is 0.316 e. The zero-order valence-electron chi connectivity index (χ0n) is 33.1. The summed E-state index contributed by atoms with van der Waals surface area (Å²) in [5.41, 5.74) is 3.47. The van der Waals surface area contributed by atoms with E-state index in [-0.39, 0.29) is 37.1 Å². The lowest BCUT2D eigenvalue weighted by Crippen LogP contribution is -2.60. The van der Waals surface area contributed by atoms with E-state index in [0.29, 0.717) is 25.1 Å². The highest BCUT2D eigenvalue weighted by atomic mass is 16.7. The fourth-order valence-corrected chi connectivity index (χ4v) is 8.28. The van der Waals surface area contributed by atoms with Crippen LogP contribution in [0.4, 0.5) is 0 Å². The van der Waals surface area contributed by atoms with Crippen molar-refractivity contribution in [3.8, 4) is 12.3 Å². The molecule has 0 aromatic rings. The number of esters is 1. The van der Waals surface area contributed by atoms with E-state index in [0.717, 1.165) is 25.7 Å². The topological polar surface area (TPSA) is 183 Å². The van der Waals surface area contributed by atoms with Gasteiger partial charge in [-0.05, 0) is 79.7 Å². The molecule has 2 saturated heterocycles. The summed E-state index contributed by atoms with van der Waals surface area (Å²) in [7, 11) is 3.41. The number of nitrogens with two attached hydrogens (primary N) is 1. The van der Waals surface area contributed by atoms with Crippen LogP contribution in [0.5, 0.6) is 0 Å². The maximum atomic E-state index is 14.2. The van der Waals surface area contributed by atoms with Crippen molar-refractivity contribution >= 4 is 17.5 Å². The second-order valence-corrected chi connectivity index (χ2v) is 16.1. The summed E-state index contributed by atoms with van der Waals surface area (Å²) in [6.07, 6.45) is 3.79. The van der Waals surface area contributed by atoms with Crippen LogP contribution < -0.4 is 5.73 Å². The number of oxime groups is 1. The molecule has 0 spiro atoms. The monoisotopic (exact) mass is 737 g/mol. The van der Waals surface area contributed by atoms with Crippen molar-refractivity contribution in [2.75, 3.05) is 20.7 Å². The molecular weight excluding hydrogens is 670 g/mol. The molecule has 0 aromatic heterocycles. The number of carbonyl (C=O) groups is 2. The van der Waals surface area contributed by atoms with Gasteiger partial charge in [-0.1, -0.05) is 32.9 Å². The summed E-state index contributed by atoms with van der Waals surface area (Å²) in [5.74, 6) is -2.05. The Balaban J connectivity index is 2.12. The molecule has 0 amide bonds. The van der Waals surface area contributed by atoms with E-state index in [2.05, 4.69) is 11.1 Å². The first-order valence-electron chi connectivity index (χ1n) is 19.1. The van der Waals surface area contributed by atoms with Gasteiger partial charge in [0.15, 0.2) is 12.1 Å². The van der Waals surface area contributed by atoms with Crippen LogP contribution in [0.2, 0.25) is 0 Å². The molecule has 2 heterocycles. The Morgan fingerprint density at radius 1 is 1.08 bits per heavy atom. The molecule has 13 nitrogen and oxygen atoms in total. The molecule has 13 heteroatoms. The van der Waals surface area contributed by atoms with Crippen molar-refractivity contribution in [3.63, 3.8) is 0 Å². The number of aliphatic hydroxyl groups is 3. The Morgan fingerprint density at radius 3 is 2.29 bits per heavy atom. The molecule has 298 valence electrons. The van der Waals surface area contributed by atoms with Crippen LogP contribution in [0.25, 0.3) is 0 Å². The van der Waals surface area contributed by atoms with Gasteiger partial charge in [-0.2, -0.15) is 0 Å². The molecule has 0 bridgehead atoms. The molecule has 3 rings (SSSR count). The molecule has 1 saturated carbocycles. The molecule has 2 aliphatic heterocycles. The SMILES string of the molecule is C#CCCN(C)[C@H]1C[C@@H](C)O[C@@H](O[C@@H]2[C@@H](C)C(=O)[C@@H](C)C(=O)O[C@H](CC)[C@@](C)(O)[C@H](O)[C@@H](C)/C(=N/O[C@H]3CC[C@@H](N)CC3)[C@H](C)C[C@@]2(C)OC)[C@@H]1O. The van der Waals surface area contributed by atoms with Gasteiger partial charge in [-0.15, -0.1) is 12.3 Å². The minimum atomic E-state index is -1.90. The molecule has 1 aliphatic carbocycles. The van der Waals surface area contributed by atoms with Crippen LogP contribution in [-0.2, 0) is 33.4 Å². The second-order valence-electron chi connectivity index (χ2n) is 16.1. The average Bonchev–Trinajstić information content (AvgIpc) is 3.11. The van der Waals surface area contributed by atoms with Crippen molar-refractivity contribution in [1.82, 2.24) is 4.90 Å². The standard InChI is InChI=1S/C39H67N3O10/c1-12-14-19-42(10)29-20-23(4)49-37(33(29)44)51-35-25(6)32(43)26(7)36(46)50-30(13-2)39(9,47)34(45)24(5)31(22(3)21-38(35,8)48-11)41-52-28-17-15-27(40)16-18-28/h1,22-30,33-35,37,44-45,47H,13-21,40H2,2-11H3/b41-31+/t22-,23-,24+,25+,26-,27-,28+,29+,30-,33-,34-,35-,37+,38-,39-/m1/s1. The first-order chi connectivity index (χ1) is 24.3. The van der Waals surface area contributed by atoms with Gasteiger partial charge in [0.25, 0.3) is 0 Å². The van der Waals surface area contributed by atoms with E-state index in [1.807, 2.05) is 32.7 Å². The molecule has 13 atom stereocenters. The molecule has 0 aromatic carbocycles. The zero-order valence-corrected chi connectivity index (χ0v) is 33.1. The third-order valence-electron chi connectivity index (χ3n) is 11.9. The Labute approximate surface area is 311 Å². The highest BCUT2D eigenvalue weighted by molar-refractivity contribution is 6.00.